The normalized spacial score (nSPS) is 20.2. The predicted octanol–water partition coefficient (Wildman–Crippen LogP) is 2.40. The molecule has 1 aromatic carbocycles. The van der Waals surface area contributed by atoms with Gasteiger partial charge in [-0.1, -0.05) is 0 Å². The van der Waals surface area contributed by atoms with Gasteiger partial charge in [0.05, 0.1) is 26.4 Å². The highest BCUT2D eigenvalue weighted by molar-refractivity contribution is 5.62. The first kappa shape index (κ1) is 18.0. The second kappa shape index (κ2) is 8.56. The van der Waals surface area contributed by atoms with Crippen LogP contribution in [-0.2, 0) is 9.47 Å². The molecule has 138 valence electrons. The number of nitrogens with zero attached hydrogens (tertiary/aromatic N) is 1. The molecule has 0 bridgehead atoms. The Kier molecular flexibility index (Phi) is 6.18. The number of morpholine rings is 1. The third kappa shape index (κ3) is 4.66. The summed E-state index contributed by atoms with van der Waals surface area (Å²) in [6, 6.07) is 4.03. The van der Waals surface area contributed by atoms with E-state index >= 15 is 0 Å². The van der Waals surface area contributed by atoms with Gasteiger partial charge in [-0.2, -0.15) is 0 Å². The van der Waals surface area contributed by atoms with Crippen LogP contribution < -0.4 is 14.8 Å². The number of nitrogens with one attached hydrogen (secondary N) is 1. The zero-order valence-electron chi connectivity index (χ0n) is 15.3. The van der Waals surface area contributed by atoms with E-state index in [-0.39, 0.29) is 12.3 Å². The molecule has 6 nitrogen and oxygen atoms in total. The van der Waals surface area contributed by atoms with Crippen LogP contribution >= 0.6 is 0 Å². The lowest BCUT2D eigenvalue weighted by Gasteiger charge is -2.28. The average Bonchev–Trinajstić information content (AvgIpc) is 2.62. The van der Waals surface area contributed by atoms with Crippen molar-refractivity contribution in [2.24, 2.45) is 0 Å². The fourth-order valence-corrected chi connectivity index (χ4v) is 3.04. The van der Waals surface area contributed by atoms with E-state index in [4.69, 9.17) is 18.9 Å². The summed E-state index contributed by atoms with van der Waals surface area (Å²) in [6.07, 6.45) is 3.91. The van der Waals surface area contributed by atoms with E-state index < -0.39 is 0 Å². The number of ether oxygens (including phenoxy) is 4. The van der Waals surface area contributed by atoms with Gasteiger partial charge in [-0.05, 0) is 43.8 Å². The van der Waals surface area contributed by atoms with Gasteiger partial charge in [-0.3, -0.25) is 4.90 Å². The summed E-state index contributed by atoms with van der Waals surface area (Å²) in [4.78, 5) is 2.35. The Morgan fingerprint density at radius 2 is 2.04 bits per heavy atom. The highest BCUT2D eigenvalue weighted by atomic mass is 16.5. The van der Waals surface area contributed by atoms with Crippen LogP contribution in [0, 0.1) is 0 Å². The Balaban J connectivity index is 1.68. The minimum Gasteiger partial charge on any atom is -0.493 e. The number of hydrogen-bond acceptors (Lipinski definition) is 6. The van der Waals surface area contributed by atoms with Crippen molar-refractivity contribution in [3.05, 3.63) is 29.5 Å². The molecule has 1 fully saturated rings. The maximum absolute atomic E-state index is 6.01. The van der Waals surface area contributed by atoms with E-state index in [1.807, 2.05) is 38.3 Å². The number of rotatable bonds is 7. The Morgan fingerprint density at radius 3 is 2.76 bits per heavy atom. The van der Waals surface area contributed by atoms with Gasteiger partial charge >= 0.3 is 0 Å². The van der Waals surface area contributed by atoms with Crippen molar-refractivity contribution in [2.75, 3.05) is 46.6 Å². The zero-order valence-corrected chi connectivity index (χ0v) is 15.3. The molecule has 25 heavy (non-hydrogen) atoms. The Bertz CT molecular complexity index is 597. The fourth-order valence-electron chi connectivity index (χ4n) is 3.04. The second-order valence-corrected chi connectivity index (χ2v) is 6.50. The van der Waals surface area contributed by atoms with Crippen LogP contribution in [0.3, 0.4) is 0 Å². The first-order valence-corrected chi connectivity index (χ1v) is 8.90. The number of benzene rings is 1. The molecule has 1 saturated heterocycles. The van der Waals surface area contributed by atoms with Crippen molar-refractivity contribution >= 4 is 6.08 Å². The van der Waals surface area contributed by atoms with E-state index in [2.05, 4.69) is 10.2 Å². The highest BCUT2D eigenvalue weighted by Crippen LogP contribution is 2.36. The van der Waals surface area contributed by atoms with Crippen LogP contribution in [0.1, 0.15) is 31.2 Å². The molecule has 0 amide bonds. The molecule has 2 heterocycles. The largest absolute Gasteiger partial charge is 0.493 e. The molecule has 0 spiro atoms. The summed E-state index contributed by atoms with van der Waals surface area (Å²) in [5.41, 5.74) is 2.15. The van der Waals surface area contributed by atoms with E-state index in [0.717, 1.165) is 55.5 Å². The van der Waals surface area contributed by atoms with Gasteiger partial charge in [0.2, 0.25) is 0 Å². The topological polar surface area (TPSA) is 52.2 Å². The van der Waals surface area contributed by atoms with E-state index in [9.17, 15) is 0 Å². The van der Waals surface area contributed by atoms with Crippen LogP contribution in [0.25, 0.3) is 6.08 Å². The lowest BCUT2D eigenvalue weighted by Crippen LogP contribution is -2.38. The molecular formula is C19H28N2O4. The number of hydrogen-bond donors (Lipinski definition) is 1. The van der Waals surface area contributed by atoms with Crippen molar-refractivity contribution in [3.8, 4) is 11.5 Å². The van der Waals surface area contributed by atoms with Crippen molar-refractivity contribution in [3.63, 3.8) is 0 Å². The lowest BCUT2D eigenvalue weighted by atomic mass is 10.0. The van der Waals surface area contributed by atoms with Crippen LogP contribution in [0.5, 0.6) is 11.5 Å². The SMILES string of the molecule is COc1cc2c(cc1OCCN1CCOCC1)C=CNC2OC(C)C. The summed E-state index contributed by atoms with van der Waals surface area (Å²) in [5.74, 6) is 1.50. The van der Waals surface area contributed by atoms with Gasteiger partial charge in [0.1, 0.15) is 6.61 Å². The first-order valence-electron chi connectivity index (χ1n) is 8.90. The lowest BCUT2D eigenvalue weighted by molar-refractivity contribution is -0.00676. The van der Waals surface area contributed by atoms with Gasteiger partial charge in [0.15, 0.2) is 17.7 Å². The molecule has 0 radical (unpaired) electrons. The molecule has 3 rings (SSSR count). The van der Waals surface area contributed by atoms with Crippen LogP contribution in [0.4, 0.5) is 0 Å². The van der Waals surface area contributed by atoms with Gasteiger partial charge in [0, 0.05) is 25.2 Å². The number of fused-ring (bicyclic) bond motifs is 1. The molecule has 2 aliphatic rings. The molecule has 1 aromatic rings. The minimum atomic E-state index is -0.170. The average molecular weight is 348 g/mol. The van der Waals surface area contributed by atoms with Crippen LogP contribution in [-0.4, -0.2) is 57.6 Å². The van der Waals surface area contributed by atoms with Crippen LogP contribution in [0.15, 0.2) is 18.3 Å². The molecule has 0 aliphatic carbocycles. The van der Waals surface area contributed by atoms with E-state index in [1.54, 1.807) is 7.11 Å². The van der Waals surface area contributed by atoms with Crippen molar-refractivity contribution in [2.45, 2.75) is 26.2 Å². The summed E-state index contributed by atoms with van der Waals surface area (Å²) >= 11 is 0. The van der Waals surface area contributed by atoms with Gasteiger partial charge in [0.25, 0.3) is 0 Å². The fraction of sp³-hybridized carbons (Fsp3) is 0.579. The Labute approximate surface area is 149 Å². The van der Waals surface area contributed by atoms with Crippen LogP contribution in [0.2, 0.25) is 0 Å². The van der Waals surface area contributed by atoms with Gasteiger partial charge in [-0.25, -0.2) is 0 Å². The summed E-state index contributed by atoms with van der Waals surface area (Å²) in [6.45, 7) is 9.11. The van der Waals surface area contributed by atoms with E-state index in [0.29, 0.717) is 6.61 Å². The third-order valence-electron chi connectivity index (χ3n) is 4.34. The quantitative estimate of drug-likeness (QED) is 0.817. The maximum atomic E-state index is 6.01. The van der Waals surface area contributed by atoms with Gasteiger partial charge in [-0.15, -0.1) is 0 Å². The monoisotopic (exact) mass is 348 g/mol. The van der Waals surface area contributed by atoms with Gasteiger partial charge < -0.3 is 24.3 Å². The Hall–Kier alpha value is -1.76. The smallest absolute Gasteiger partial charge is 0.161 e. The first-order chi connectivity index (χ1) is 12.2. The maximum Gasteiger partial charge on any atom is 0.161 e. The molecule has 6 heteroatoms. The Morgan fingerprint density at radius 1 is 1.24 bits per heavy atom. The summed E-state index contributed by atoms with van der Waals surface area (Å²) < 4.78 is 22.9. The highest BCUT2D eigenvalue weighted by Gasteiger charge is 2.21. The molecular weight excluding hydrogens is 320 g/mol. The van der Waals surface area contributed by atoms with Crippen molar-refractivity contribution < 1.29 is 18.9 Å². The van der Waals surface area contributed by atoms with Crippen molar-refractivity contribution in [1.29, 1.82) is 0 Å². The zero-order chi connectivity index (χ0) is 17.6. The summed E-state index contributed by atoms with van der Waals surface area (Å²) in [7, 11) is 1.67. The molecule has 0 aromatic heterocycles. The van der Waals surface area contributed by atoms with Crippen molar-refractivity contribution in [1.82, 2.24) is 10.2 Å². The standard InChI is InChI=1S/C19H28N2O4/c1-14(2)25-19-16-13-17(22-3)18(12-15(16)4-5-20-19)24-11-8-21-6-9-23-10-7-21/h4-5,12-14,19-20H,6-11H2,1-3H3. The minimum absolute atomic E-state index is 0.132. The third-order valence-corrected chi connectivity index (χ3v) is 4.34. The summed E-state index contributed by atoms with van der Waals surface area (Å²) in [5, 5.41) is 3.25. The number of methoxy groups -OCH3 is 1. The van der Waals surface area contributed by atoms with E-state index in [1.165, 1.54) is 0 Å². The molecule has 0 saturated carbocycles. The molecule has 2 aliphatic heterocycles. The molecule has 1 atom stereocenters. The molecule has 1 N–H and O–H groups in total. The molecule has 1 unspecified atom stereocenters. The second-order valence-electron chi connectivity index (χ2n) is 6.50. The predicted molar refractivity (Wildman–Crippen MR) is 96.9 cm³/mol.